The van der Waals surface area contributed by atoms with Gasteiger partial charge in [-0.05, 0) is 29.3 Å². The first-order valence-corrected chi connectivity index (χ1v) is 10.2. The normalized spacial score (nSPS) is 22.8. The average Bonchev–Trinajstić information content (AvgIpc) is 3.14. The van der Waals surface area contributed by atoms with E-state index in [9.17, 15) is 9.59 Å². The van der Waals surface area contributed by atoms with Crippen molar-refractivity contribution in [3.8, 4) is 11.5 Å². The summed E-state index contributed by atoms with van der Waals surface area (Å²) in [5.41, 5.74) is 3.93. The van der Waals surface area contributed by atoms with Crippen LogP contribution in [0.1, 0.15) is 22.9 Å². The van der Waals surface area contributed by atoms with E-state index in [4.69, 9.17) is 9.47 Å². The van der Waals surface area contributed by atoms with Gasteiger partial charge >= 0.3 is 0 Å². The van der Waals surface area contributed by atoms with Gasteiger partial charge in [-0.2, -0.15) is 0 Å². The standard InChI is InChI=1S/C23H21N3O4/c1-25-21(13-6-7-19-20(10-13)30-9-8-29-19)23(28)26-12-17-15(11-18(26)22(25)27)14-4-2-3-5-16(14)24-17/h2-7,10,18,21,24H,8-9,11-12H2,1H3/t18-,21+/m1/s1. The van der Waals surface area contributed by atoms with E-state index in [1.165, 1.54) is 0 Å². The fourth-order valence-corrected chi connectivity index (χ4v) is 4.94. The maximum Gasteiger partial charge on any atom is 0.251 e. The van der Waals surface area contributed by atoms with Crippen molar-refractivity contribution in [1.82, 2.24) is 14.8 Å². The van der Waals surface area contributed by atoms with Gasteiger partial charge in [-0.1, -0.05) is 24.3 Å². The number of para-hydroxylation sites is 1. The lowest BCUT2D eigenvalue weighted by atomic mass is 9.90. The Balaban J connectivity index is 1.39. The first-order chi connectivity index (χ1) is 14.6. The summed E-state index contributed by atoms with van der Waals surface area (Å²) in [6, 6.07) is 12.4. The van der Waals surface area contributed by atoms with E-state index >= 15 is 0 Å². The maximum atomic E-state index is 13.6. The molecule has 1 saturated heterocycles. The van der Waals surface area contributed by atoms with Crippen LogP contribution in [-0.2, 0) is 22.6 Å². The molecule has 0 saturated carbocycles. The Labute approximate surface area is 173 Å². The van der Waals surface area contributed by atoms with Crippen LogP contribution in [0.4, 0.5) is 0 Å². The minimum absolute atomic E-state index is 0.0366. The number of piperazine rings is 1. The van der Waals surface area contributed by atoms with Crippen molar-refractivity contribution in [2.75, 3.05) is 20.3 Å². The van der Waals surface area contributed by atoms with Gasteiger partial charge in [-0.25, -0.2) is 0 Å². The van der Waals surface area contributed by atoms with E-state index in [1.807, 2.05) is 36.4 Å². The number of aromatic amines is 1. The van der Waals surface area contributed by atoms with Crippen LogP contribution in [0.15, 0.2) is 42.5 Å². The number of nitrogens with one attached hydrogen (secondary N) is 1. The van der Waals surface area contributed by atoms with E-state index in [1.54, 1.807) is 16.8 Å². The zero-order valence-corrected chi connectivity index (χ0v) is 16.6. The number of carbonyl (C=O) groups is 2. The highest BCUT2D eigenvalue weighted by Crippen LogP contribution is 2.39. The Bertz CT molecular complexity index is 1200. The van der Waals surface area contributed by atoms with E-state index in [0.29, 0.717) is 37.7 Å². The van der Waals surface area contributed by atoms with Crippen LogP contribution in [-0.4, -0.2) is 52.9 Å². The van der Waals surface area contributed by atoms with Crippen molar-refractivity contribution in [2.45, 2.75) is 25.0 Å². The number of amides is 2. The molecular formula is C23H21N3O4. The zero-order valence-electron chi connectivity index (χ0n) is 16.6. The van der Waals surface area contributed by atoms with Crippen LogP contribution < -0.4 is 9.47 Å². The number of fused-ring (bicyclic) bond motifs is 5. The predicted molar refractivity (Wildman–Crippen MR) is 109 cm³/mol. The van der Waals surface area contributed by atoms with E-state index in [0.717, 1.165) is 27.7 Å². The monoisotopic (exact) mass is 403 g/mol. The SMILES string of the molecule is CN1C(=O)[C@H]2Cc3c([nH]c4ccccc34)CN2C(=O)[C@@H]1c1ccc2c(c1)OCCO2. The Morgan fingerprint density at radius 1 is 1.00 bits per heavy atom. The number of likely N-dealkylation sites (N-methyl/N-ethyl adjacent to an activating group) is 1. The van der Waals surface area contributed by atoms with Crippen LogP contribution in [0.25, 0.3) is 10.9 Å². The molecule has 0 radical (unpaired) electrons. The maximum absolute atomic E-state index is 13.6. The van der Waals surface area contributed by atoms with Gasteiger partial charge in [-0.3, -0.25) is 9.59 Å². The third-order valence-electron chi connectivity index (χ3n) is 6.42. The summed E-state index contributed by atoms with van der Waals surface area (Å²) in [5.74, 6) is 1.18. The zero-order chi connectivity index (χ0) is 20.4. The minimum atomic E-state index is -0.671. The molecule has 4 heterocycles. The third kappa shape index (κ3) is 2.38. The van der Waals surface area contributed by atoms with Gasteiger partial charge in [0, 0.05) is 30.1 Å². The van der Waals surface area contributed by atoms with Crippen molar-refractivity contribution in [3.05, 3.63) is 59.3 Å². The molecule has 3 aliphatic heterocycles. The number of nitrogens with zero attached hydrogens (tertiary/aromatic N) is 2. The molecule has 1 fully saturated rings. The number of benzene rings is 2. The lowest BCUT2D eigenvalue weighted by Gasteiger charge is -2.45. The van der Waals surface area contributed by atoms with Gasteiger partial charge in [-0.15, -0.1) is 0 Å². The van der Waals surface area contributed by atoms with Crippen molar-refractivity contribution >= 4 is 22.7 Å². The number of H-pyrrole nitrogens is 1. The fourth-order valence-electron chi connectivity index (χ4n) is 4.94. The Morgan fingerprint density at radius 3 is 2.67 bits per heavy atom. The lowest BCUT2D eigenvalue weighted by molar-refractivity contribution is -0.162. The summed E-state index contributed by atoms with van der Waals surface area (Å²) in [6.45, 7) is 1.39. The molecule has 3 aliphatic rings. The topological polar surface area (TPSA) is 74.9 Å². The van der Waals surface area contributed by atoms with E-state index in [2.05, 4.69) is 11.1 Å². The molecule has 152 valence electrons. The van der Waals surface area contributed by atoms with Crippen molar-refractivity contribution < 1.29 is 19.1 Å². The summed E-state index contributed by atoms with van der Waals surface area (Å²) in [4.78, 5) is 33.6. The molecule has 0 unspecified atom stereocenters. The van der Waals surface area contributed by atoms with Gasteiger partial charge in [0.05, 0.1) is 6.54 Å². The first-order valence-electron chi connectivity index (χ1n) is 10.2. The Morgan fingerprint density at radius 2 is 1.80 bits per heavy atom. The van der Waals surface area contributed by atoms with E-state index in [-0.39, 0.29) is 11.8 Å². The van der Waals surface area contributed by atoms with Crippen molar-refractivity contribution in [2.24, 2.45) is 0 Å². The highest BCUT2D eigenvalue weighted by atomic mass is 16.6. The fraction of sp³-hybridized carbons (Fsp3) is 0.304. The second-order valence-corrected chi connectivity index (χ2v) is 8.07. The number of hydrogen-bond acceptors (Lipinski definition) is 4. The highest BCUT2D eigenvalue weighted by molar-refractivity contribution is 5.99. The van der Waals surface area contributed by atoms with Crippen molar-refractivity contribution in [1.29, 1.82) is 0 Å². The molecule has 1 N–H and O–H groups in total. The summed E-state index contributed by atoms with van der Waals surface area (Å²) in [6.07, 6.45) is 0.530. The van der Waals surface area contributed by atoms with Gasteiger partial charge in [0.15, 0.2) is 11.5 Å². The number of carbonyl (C=O) groups excluding carboxylic acids is 2. The first kappa shape index (κ1) is 17.4. The van der Waals surface area contributed by atoms with Gasteiger partial charge in [0.2, 0.25) is 5.91 Å². The second-order valence-electron chi connectivity index (χ2n) is 8.07. The number of hydrogen-bond donors (Lipinski definition) is 1. The largest absolute Gasteiger partial charge is 0.486 e. The van der Waals surface area contributed by atoms with Crippen LogP contribution in [0, 0.1) is 0 Å². The third-order valence-corrected chi connectivity index (χ3v) is 6.42. The number of aromatic nitrogens is 1. The molecule has 0 aliphatic carbocycles. The molecule has 30 heavy (non-hydrogen) atoms. The Hall–Kier alpha value is -3.48. The molecule has 1 aromatic heterocycles. The summed E-state index contributed by atoms with van der Waals surface area (Å²) in [7, 11) is 1.71. The molecule has 0 spiro atoms. The van der Waals surface area contributed by atoms with E-state index < -0.39 is 12.1 Å². The molecule has 2 atom stereocenters. The van der Waals surface area contributed by atoms with Gasteiger partial charge < -0.3 is 24.3 Å². The predicted octanol–water partition coefficient (Wildman–Crippen LogP) is 2.41. The molecular weight excluding hydrogens is 382 g/mol. The van der Waals surface area contributed by atoms with Gasteiger partial charge in [0.1, 0.15) is 25.3 Å². The molecule has 2 amide bonds. The quantitative estimate of drug-likeness (QED) is 0.677. The van der Waals surface area contributed by atoms with Crippen LogP contribution in [0.3, 0.4) is 0 Å². The van der Waals surface area contributed by atoms with Crippen LogP contribution >= 0.6 is 0 Å². The number of rotatable bonds is 1. The van der Waals surface area contributed by atoms with Crippen LogP contribution in [0.2, 0.25) is 0 Å². The summed E-state index contributed by atoms with van der Waals surface area (Å²) >= 11 is 0. The number of ether oxygens (including phenoxy) is 2. The second kappa shape index (κ2) is 6.26. The highest BCUT2D eigenvalue weighted by Gasteiger charge is 2.47. The summed E-state index contributed by atoms with van der Waals surface area (Å²) < 4.78 is 11.3. The average molecular weight is 403 g/mol. The molecule has 6 rings (SSSR count). The Kier molecular flexibility index (Phi) is 3.63. The summed E-state index contributed by atoms with van der Waals surface area (Å²) in [5, 5.41) is 1.13. The molecule has 7 heteroatoms. The smallest absolute Gasteiger partial charge is 0.251 e. The molecule has 7 nitrogen and oxygen atoms in total. The molecule has 0 bridgehead atoms. The molecule has 2 aromatic carbocycles. The lowest BCUT2D eigenvalue weighted by Crippen LogP contribution is -2.61. The molecule has 3 aromatic rings. The minimum Gasteiger partial charge on any atom is -0.486 e. The van der Waals surface area contributed by atoms with Crippen LogP contribution in [0.5, 0.6) is 11.5 Å². The van der Waals surface area contributed by atoms with Gasteiger partial charge in [0.25, 0.3) is 5.91 Å². The van der Waals surface area contributed by atoms with Crippen molar-refractivity contribution in [3.63, 3.8) is 0 Å².